The fourth-order valence-corrected chi connectivity index (χ4v) is 1.43. The number of aromatic nitrogens is 1. The average Bonchev–Trinajstić information content (AvgIpc) is 2.46. The van der Waals surface area contributed by atoms with Crippen molar-refractivity contribution in [1.82, 2.24) is 4.98 Å². The standard InChI is InChI=1S/C10H10BNO/c1-6(13)9-4-7-2-3-8(11)5-10(7)12-9/h2-5,12H,11H2,1H3. The molecular formula is C10H10BNO. The van der Waals surface area contributed by atoms with E-state index in [0.29, 0.717) is 5.69 Å². The molecule has 0 saturated heterocycles. The lowest BCUT2D eigenvalue weighted by Gasteiger charge is -1.90. The molecule has 1 heterocycles. The Labute approximate surface area is 77.4 Å². The van der Waals surface area contributed by atoms with Gasteiger partial charge in [0.2, 0.25) is 0 Å². The highest BCUT2D eigenvalue weighted by molar-refractivity contribution is 6.33. The first-order valence-corrected chi connectivity index (χ1v) is 4.27. The number of hydrogen-bond donors (Lipinski definition) is 1. The SMILES string of the molecule is Bc1ccc2cc(C(C)=O)[nH]c2c1. The predicted octanol–water partition coefficient (Wildman–Crippen LogP) is 0.629. The number of hydrogen-bond acceptors (Lipinski definition) is 1. The van der Waals surface area contributed by atoms with E-state index >= 15 is 0 Å². The van der Waals surface area contributed by atoms with E-state index in [1.807, 2.05) is 32.1 Å². The van der Waals surface area contributed by atoms with Gasteiger partial charge in [-0.1, -0.05) is 17.6 Å². The second-order valence-corrected chi connectivity index (χ2v) is 3.33. The molecule has 64 valence electrons. The highest BCUT2D eigenvalue weighted by Crippen LogP contribution is 2.13. The molecule has 0 fully saturated rings. The van der Waals surface area contributed by atoms with Crippen LogP contribution in [-0.2, 0) is 0 Å². The van der Waals surface area contributed by atoms with Crippen molar-refractivity contribution in [2.24, 2.45) is 0 Å². The van der Waals surface area contributed by atoms with Crippen LogP contribution < -0.4 is 5.46 Å². The van der Waals surface area contributed by atoms with Crippen molar-refractivity contribution in [3.05, 3.63) is 30.0 Å². The normalized spacial score (nSPS) is 10.5. The van der Waals surface area contributed by atoms with Gasteiger partial charge in [0.25, 0.3) is 0 Å². The summed E-state index contributed by atoms with van der Waals surface area (Å²) in [6.07, 6.45) is 0. The summed E-state index contributed by atoms with van der Waals surface area (Å²) in [4.78, 5) is 14.2. The maximum atomic E-state index is 11.1. The Morgan fingerprint density at radius 1 is 1.38 bits per heavy atom. The number of H-pyrrole nitrogens is 1. The molecule has 1 N–H and O–H groups in total. The number of carbonyl (C=O) groups excluding carboxylic acids is 1. The summed E-state index contributed by atoms with van der Waals surface area (Å²) in [6.45, 7) is 1.57. The van der Waals surface area contributed by atoms with Crippen LogP contribution in [0.5, 0.6) is 0 Å². The Bertz CT molecular complexity index is 473. The lowest BCUT2D eigenvalue weighted by atomic mass is 9.96. The fourth-order valence-electron chi connectivity index (χ4n) is 1.43. The Hall–Kier alpha value is -1.51. The third kappa shape index (κ3) is 1.37. The molecule has 0 aliphatic heterocycles. The van der Waals surface area contributed by atoms with Crippen LogP contribution in [0.3, 0.4) is 0 Å². The lowest BCUT2D eigenvalue weighted by Crippen LogP contribution is -1.99. The summed E-state index contributed by atoms with van der Waals surface area (Å²) in [6, 6.07) is 7.99. The number of rotatable bonds is 1. The molecule has 1 aromatic heterocycles. The molecule has 0 amide bonds. The summed E-state index contributed by atoms with van der Waals surface area (Å²) in [5.74, 6) is 0.0776. The van der Waals surface area contributed by atoms with Gasteiger partial charge in [-0.2, -0.15) is 0 Å². The van der Waals surface area contributed by atoms with Gasteiger partial charge in [0.05, 0.1) is 5.69 Å². The van der Waals surface area contributed by atoms with Crippen molar-refractivity contribution < 1.29 is 4.79 Å². The van der Waals surface area contributed by atoms with E-state index in [-0.39, 0.29) is 5.78 Å². The number of ketones is 1. The van der Waals surface area contributed by atoms with Crippen molar-refractivity contribution in [3.8, 4) is 0 Å². The van der Waals surface area contributed by atoms with Crippen LogP contribution in [0.4, 0.5) is 0 Å². The minimum atomic E-state index is 0.0776. The van der Waals surface area contributed by atoms with Gasteiger partial charge in [-0.05, 0) is 12.1 Å². The topological polar surface area (TPSA) is 32.9 Å². The minimum absolute atomic E-state index is 0.0776. The molecule has 0 bridgehead atoms. The maximum absolute atomic E-state index is 11.1. The number of nitrogens with one attached hydrogen (secondary N) is 1. The zero-order valence-electron chi connectivity index (χ0n) is 7.72. The molecule has 0 atom stereocenters. The number of carbonyl (C=O) groups is 1. The molecule has 0 unspecified atom stereocenters. The second-order valence-electron chi connectivity index (χ2n) is 3.33. The molecule has 2 aromatic rings. The average molecular weight is 171 g/mol. The smallest absolute Gasteiger partial charge is 0.175 e. The van der Waals surface area contributed by atoms with E-state index in [4.69, 9.17) is 0 Å². The third-order valence-electron chi connectivity index (χ3n) is 2.16. The number of Topliss-reactive ketones (excluding diaryl/α,β-unsaturated/α-hetero) is 1. The van der Waals surface area contributed by atoms with E-state index in [1.165, 1.54) is 5.46 Å². The van der Waals surface area contributed by atoms with Crippen LogP contribution in [0.15, 0.2) is 24.3 Å². The van der Waals surface area contributed by atoms with E-state index in [0.717, 1.165) is 10.9 Å². The van der Waals surface area contributed by atoms with Gasteiger partial charge in [-0.25, -0.2) is 0 Å². The van der Waals surface area contributed by atoms with E-state index in [2.05, 4.69) is 4.98 Å². The fraction of sp³-hybridized carbons (Fsp3) is 0.100. The summed E-state index contributed by atoms with van der Waals surface area (Å²) < 4.78 is 0. The highest BCUT2D eigenvalue weighted by Gasteiger charge is 2.03. The molecule has 3 heteroatoms. The first kappa shape index (κ1) is 8.11. The van der Waals surface area contributed by atoms with Crippen molar-refractivity contribution in [3.63, 3.8) is 0 Å². The Morgan fingerprint density at radius 3 is 2.85 bits per heavy atom. The van der Waals surface area contributed by atoms with Gasteiger partial charge >= 0.3 is 0 Å². The molecular weight excluding hydrogens is 161 g/mol. The zero-order chi connectivity index (χ0) is 9.42. The first-order chi connectivity index (χ1) is 6.16. The monoisotopic (exact) mass is 171 g/mol. The molecule has 2 rings (SSSR count). The van der Waals surface area contributed by atoms with Crippen LogP contribution in [0.25, 0.3) is 10.9 Å². The van der Waals surface area contributed by atoms with Crippen LogP contribution >= 0.6 is 0 Å². The van der Waals surface area contributed by atoms with Crippen LogP contribution in [0.2, 0.25) is 0 Å². The number of fused-ring (bicyclic) bond motifs is 1. The Balaban J connectivity index is 2.68. The van der Waals surface area contributed by atoms with Crippen molar-refractivity contribution >= 4 is 30.0 Å². The maximum Gasteiger partial charge on any atom is 0.175 e. The summed E-state index contributed by atoms with van der Waals surface area (Å²) in [5, 5.41) is 1.09. The molecule has 2 nitrogen and oxygen atoms in total. The summed E-state index contributed by atoms with van der Waals surface area (Å²) in [5.41, 5.74) is 2.91. The molecule has 13 heavy (non-hydrogen) atoms. The highest BCUT2D eigenvalue weighted by atomic mass is 16.1. The molecule has 1 aromatic carbocycles. The quantitative estimate of drug-likeness (QED) is 0.495. The molecule has 0 radical (unpaired) electrons. The van der Waals surface area contributed by atoms with Gasteiger partial charge in [0, 0.05) is 17.8 Å². The van der Waals surface area contributed by atoms with Crippen LogP contribution in [-0.4, -0.2) is 18.6 Å². The molecule has 0 aliphatic rings. The van der Waals surface area contributed by atoms with E-state index in [1.54, 1.807) is 6.92 Å². The van der Waals surface area contributed by atoms with E-state index < -0.39 is 0 Å². The summed E-state index contributed by atoms with van der Waals surface area (Å²) >= 11 is 0. The van der Waals surface area contributed by atoms with Gasteiger partial charge < -0.3 is 4.98 Å². The lowest BCUT2D eigenvalue weighted by molar-refractivity contribution is 0.101. The van der Waals surface area contributed by atoms with Crippen LogP contribution in [0, 0.1) is 0 Å². The van der Waals surface area contributed by atoms with Crippen molar-refractivity contribution in [2.75, 3.05) is 0 Å². The van der Waals surface area contributed by atoms with Crippen molar-refractivity contribution in [2.45, 2.75) is 6.92 Å². The van der Waals surface area contributed by atoms with Gasteiger partial charge in [-0.15, -0.1) is 0 Å². The van der Waals surface area contributed by atoms with Gasteiger partial charge in [-0.3, -0.25) is 4.79 Å². The predicted molar refractivity (Wildman–Crippen MR) is 56.5 cm³/mol. The molecule has 0 saturated carbocycles. The van der Waals surface area contributed by atoms with Crippen molar-refractivity contribution in [1.29, 1.82) is 0 Å². The van der Waals surface area contributed by atoms with Gasteiger partial charge in [0.15, 0.2) is 5.78 Å². The van der Waals surface area contributed by atoms with E-state index in [9.17, 15) is 4.79 Å². The number of benzene rings is 1. The zero-order valence-corrected chi connectivity index (χ0v) is 7.72. The first-order valence-electron chi connectivity index (χ1n) is 4.27. The Kier molecular flexibility index (Phi) is 1.73. The minimum Gasteiger partial charge on any atom is -0.352 e. The third-order valence-corrected chi connectivity index (χ3v) is 2.16. The van der Waals surface area contributed by atoms with Gasteiger partial charge in [0.1, 0.15) is 7.85 Å². The molecule has 0 spiro atoms. The second kappa shape index (κ2) is 2.77. The summed E-state index contributed by atoms with van der Waals surface area (Å²) in [7, 11) is 2.04. The largest absolute Gasteiger partial charge is 0.352 e. The number of aromatic amines is 1. The van der Waals surface area contributed by atoms with Crippen LogP contribution in [0.1, 0.15) is 17.4 Å². The molecule has 0 aliphatic carbocycles. The Morgan fingerprint density at radius 2 is 2.15 bits per heavy atom.